The number of nitrogens with one attached hydrogen (secondary N) is 2. The summed E-state index contributed by atoms with van der Waals surface area (Å²) in [6.07, 6.45) is 0.545. The summed E-state index contributed by atoms with van der Waals surface area (Å²) in [6, 6.07) is 5.50. The summed E-state index contributed by atoms with van der Waals surface area (Å²) >= 11 is 0. The van der Waals surface area contributed by atoms with Gasteiger partial charge in [-0.1, -0.05) is 26.0 Å². The maximum atomic E-state index is 11.6. The van der Waals surface area contributed by atoms with Gasteiger partial charge in [-0.2, -0.15) is 0 Å². The lowest BCUT2D eigenvalue weighted by molar-refractivity contribution is -0.384. The molecule has 0 aliphatic rings. The van der Waals surface area contributed by atoms with Gasteiger partial charge >= 0.3 is 0 Å². The molecule has 0 bridgehead atoms. The number of rotatable bonds is 8. The summed E-state index contributed by atoms with van der Waals surface area (Å²) < 4.78 is 0. The van der Waals surface area contributed by atoms with Crippen LogP contribution in [-0.4, -0.2) is 35.9 Å². The van der Waals surface area contributed by atoms with Crippen LogP contribution in [0.2, 0.25) is 0 Å². The molecule has 0 radical (unpaired) electrons. The highest BCUT2D eigenvalue weighted by Gasteiger charge is 2.17. The van der Waals surface area contributed by atoms with E-state index in [0.29, 0.717) is 13.0 Å². The molecule has 1 atom stereocenters. The van der Waals surface area contributed by atoms with Crippen LogP contribution < -0.4 is 16.4 Å². The zero-order valence-electron chi connectivity index (χ0n) is 13.7. The molecule has 2 amide bonds. The SMILES string of the molecule is CC(C)[C@H](N)C(=O)NCC(=O)NCCc1ccc([N+](=O)[O-])cc1.Cl. The first-order chi connectivity index (χ1) is 10.8. The number of carbonyl (C=O) groups is 2. The van der Waals surface area contributed by atoms with Gasteiger partial charge < -0.3 is 16.4 Å². The number of nitrogens with two attached hydrogens (primary N) is 1. The average Bonchev–Trinajstić information content (AvgIpc) is 2.52. The molecule has 134 valence electrons. The number of hydrogen-bond acceptors (Lipinski definition) is 5. The van der Waals surface area contributed by atoms with E-state index in [-0.39, 0.29) is 42.4 Å². The van der Waals surface area contributed by atoms with E-state index in [1.54, 1.807) is 12.1 Å². The Morgan fingerprint density at radius 2 is 1.79 bits per heavy atom. The lowest BCUT2D eigenvalue weighted by Crippen LogP contribution is -2.47. The van der Waals surface area contributed by atoms with Gasteiger partial charge in [0.25, 0.3) is 5.69 Å². The highest BCUT2D eigenvalue weighted by molar-refractivity contribution is 5.87. The van der Waals surface area contributed by atoms with Gasteiger partial charge in [-0.25, -0.2) is 0 Å². The number of carbonyl (C=O) groups excluding carboxylic acids is 2. The fourth-order valence-corrected chi connectivity index (χ4v) is 1.78. The van der Waals surface area contributed by atoms with Gasteiger partial charge in [0.2, 0.25) is 11.8 Å². The van der Waals surface area contributed by atoms with Crippen LogP contribution in [0.25, 0.3) is 0 Å². The molecule has 0 aromatic heterocycles. The Kier molecular flexibility index (Phi) is 9.60. The minimum atomic E-state index is -0.636. The van der Waals surface area contributed by atoms with Crippen LogP contribution >= 0.6 is 12.4 Å². The Morgan fingerprint density at radius 1 is 1.21 bits per heavy atom. The van der Waals surface area contributed by atoms with E-state index in [1.807, 2.05) is 13.8 Å². The zero-order chi connectivity index (χ0) is 17.4. The Labute approximate surface area is 146 Å². The quantitative estimate of drug-likeness (QED) is 0.467. The van der Waals surface area contributed by atoms with Gasteiger partial charge in [0.15, 0.2) is 0 Å². The van der Waals surface area contributed by atoms with E-state index in [1.165, 1.54) is 12.1 Å². The lowest BCUT2D eigenvalue weighted by Gasteiger charge is -2.15. The third-order valence-electron chi connectivity index (χ3n) is 3.33. The molecule has 1 rings (SSSR count). The molecule has 8 nitrogen and oxygen atoms in total. The molecule has 1 aromatic carbocycles. The maximum absolute atomic E-state index is 11.6. The minimum absolute atomic E-state index is 0. The van der Waals surface area contributed by atoms with Crippen molar-refractivity contribution >= 4 is 29.9 Å². The highest BCUT2D eigenvalue weighted by atomic mass is 35.5. The highest BCUT2D eigenvalue weighted by Crippen LogP contribution is 2.11. The standard InChI is InChI=1S/C15H22N4O4.ClH/c1-10(2)14(16)15(21)18-9-13(20)17-8-7-11-3-5-12(6-4-11)19(22)23;/h3-6,10,14H,7-9,16H2,1-2H3,(H,17,20)(H,18,21);1H/t14-;/m0./s1. The fraction of sp³-hybridized carbons (Fsp3) is 0.467. The van der Waals surface area contributed by atoms with E-state index in [0.717, 1.165) is 5.56 Å². The Hall–Kier alpha value is -2.19. The first-order valence-corrected chi connectivity index (χ1v) is 7.34. The van der Waals surface area contributed by atoms with Crippen LogP contribution in [0.15, 0.2) is 24.3 Å². The van der Waals surface area contributed by atoms with Crippen LogP contribution in [0.3, 0.4) is 0 Å². The summed E-state index contributed by atoms with van der Waals surface area (Å²) in [7, 11) is 0. The number of nitrogens with zero attached hydrogens (tertiary/aromatic N) is 1. The van der Waals surface area contributed by atoms with Gasteiger partial charge in [-0.15, -0.1) is 12.4 Å². The zero-order valence-corrected chi connectivity index (χ0v) is 14.5. The maximum Gasteiger partial charge on any atom is 0.269 e. The topological polar surface area (TPSA) is 127 Å². The molecule has 0 unspecified atom stereocenters. The lowest BCUT2D eigenvalue weighted by atomic mass is 10.1. The molecular formula is C15H23ClN4O4. The second kappa shape index (κ2) is 10.6. The summed E-state index contributed by atoms with van der Waals surface area (Å²) in [4.78, 5) is 33.3. The molecule has 4 N–H and O–H groups in total. The second-order valence-corrected chi connectivity index (χ2v) is 5.51. The third kappa shape index (κ3) is 7.38. The number of amides is 2. The van der Waals surface area contributed by atoms with E-state index in [4.69, 9.17) is 5.73 Å². The largest absolute Gasteiger partial charge is 0.354 e. The molecular weight excluding hydrogens is 336 g/mol. The average molecular weight is 359 g/mol. The van der Waals surface area contributed by atoms with Crippen molar-refractivity contribution in [2.24, 2.45) is 11.7 Å². The van der Waals surface area contributed by atoms with Crippen molar-refractivity contribution in [3.05, 3.63) is 39.9 Å². The summed E-state index contributed by atoms with van der Waals surface area (Å²) in [5.41, 5.74) is 6.57. The number of non-ortho nitro benzene ring substituents is 1. The van der Waals surface area contributed by atoms with Crippen molar-refractivity contribution in [2.45, 2.75) is 26.3 Å². The number of nitro benzene ring substituents is 1. The molecule has 0 fully saturated rings. The van der Waals surface area contributed by atoms with Gasteiger partial charge in [0.1, 0.15) is 0 Å². The molecule has 1 aromatic rings. The van der Waals surface area contributed by atoms with Crippen molar-refractivity contribution < 1.29 is 14.5 Å². The Bertz CT molecular complexity index is 563. The van der Waals surface area contributed by atoms with Crippen molar-refractivity contribution in [3.63, 3.8) is 0 Å². The van der Waals surface area contributed by atoms with E-state index in [9.17, 15) is 19.7 Å². The monoisotopic (exact) mass is 358 g/mol. The Morgan fingerprint density at radius 3 is 2.29 bits per heavy atom. The second-order valence-electron chi connectivity index (χ2n) is 5.51. The van der Waals surface area contributed by atoms with Gasteiger partial charge in [-0.3, -0.25) is 19.7 Å². The van der Waals surface area contributed by atoms with E-state index < -0.39 is 11.0 Å². The third-order valence-corrected chi connectivity index (χ3v) is 3.33. The molecule has 0 saturated heterocycles. The van der Waals surface area contributed by atoms with Gasteiger partial charge in [-0.05, 0) is 17.9 Å². The van der Waals surface area contributed by atoms with Gasteiger partial charge in [0, 0.05) is 18.7 Å². The Balaban J connectivity index is 0.00000529. The molecule has 0 spiro atoms. The first kappa shape index (κ1) is 21.8. The number of nitro groups is 1. The van der Waals surface area contributed by atoms with Crippen LogP contribution in [0.4, 0.5) is 5.69 Å². The molecule has 24 heavy (non-hydrogen) atoms. The van der Waals surface area contributed by atoms with Gasteiger partial charge in [0.05, 0.1) is 17.5 Å². The van der Waals surface area contributed by atoms with Crippen LogP contribution in [0.5, 0.6) is 0 Å². The minimum Gasteiger partial charge on any atom is -0.354 e. The van der Waals surface area contributed by atoms with Crippen molar-refractivity contribution in [3.8, 4) is 0 Å². The number of benzene rings is 1. The van der Waals surface area contributed by atoms with E-state index in [2.05, 4.69) is 10.6 Å². The fourth-order valence-electron chi connectivity index (χ4n) is 1.78. The summed E-state index contributed by atoms with van der Waals surface area (Å²) in [5.74, 6) is -0.665. The molecule has 0 aliphatic carbocycles. The smallest absolute Gasteiger partial charge is 0.269 e. The van der Waals surface area contributed by atoms with Crippen molar-refractivity contribution in [2.75, 3.05) is 13.1 Å². The van der Waals surface area contributed by atoms with E-state index >= 15 is 0 Å². The number of halogens is 1. The number of hydrogen-bond donors (Lipinski definition) is 3. The van der Waals surface area contributed by atoms with Crippen molar-refractivity contribution in [1.29, 1.82) is 0 Å². The molecule has 0 aliphatic heterocycles. The van der Waals surface area contributed by atoms with Crippen LogP contribution in [0, 0.1) is 16.0 Å². The normalized spacial score (nSPS) is 11.3. The predicted molar refractivity (Wildman–Crippen MR) is 92.9 cm³/mol. The summed E-state index contributed by atoms with van der Waals surface area (Å²) in [6.45, 7) is 3.91. The molecule has 0 heterocycles. The first-order valence-electron chi connectivity index (χ1n) is 7.34. The van der Waals surface area contributed by atoms with Crippen LogP contribution in [0.1, 0.15) is 19.4 Å². The summed E-state index contributed by atoms with van der Waals surface area (Å²) in [5, 5.41) is 15.7. The van der Waals surface area contributed by atoms with Crippen LogP contribution in [-0.2, 0) is 16.0 Å². The molecule has 9 heteroatoms. The van der Waals surface area contributed by atoms with Crippen molar-refractivity contribution in [1.82, 2.24) is 10.6 Å². The predicted octanol–water partition coefficient (Wildman–Crippen LogP) is 0.775. The molecule has 0 saturated carbocycles.